The Morgan fingerprint density at radius 3 is 1.44 bits per heavy atom. The summed E-state index contributed by atoms with van der Waals surface area (Å²) in [5.74, 6) is 1.93. The van der Waals surface area contributed by atoms with Gasteiger partial charge in [-0.15, -0.1) is 15.3 Å². The summed E-state index contributed by atoms with van der Waals surface area (Å²) < 4.78 is 34.4. The molecule has 27 heteroatoms. The Morgan fingerprint density at radius 2 is 0.957 bits per heavy atom. The number of morpholine rings is 1. The van der Waals surface area contributed by atoms with Crippen LogP contribution in [0.4, 0.5) is 0 Å². The van der Waals surface area contributed by atoms with Gasteiger partial charge in [-0.2, -0.15) is 0 Å². The number of aromatic carboxylic acids is 3. The molecule has 0 amide bonds. The lowest BCUT2D eigenvalue weighted by Crippen LogP contribution is -2.38. The Labute approximate surface area is 805 Å². The highest BCUT2D eigenvalue weighted by Gasteiger charge is 2.27. The first-order valence-corrected chi connectivity index (χ1v) is 47.9. The number of likely N-dealkylation sites (N-methyl/N-ethyl adjacent to an activating group) is 1. The fourth-order valence-electron chi connectivity index (χ4n) is 19.2. The molecule has 6 aromatic carbocycles. The van der Waals surface area contributed by atoms with E-state index in [9.17, 15) is 34.5 Å². The van der Waals surface area contributed by atoms with Crippen molar-refractivity contribution in [1.82, 2.24) is 81.0 Å². The Balaban J connectivity index is 0.000000126. The number of carbonyl (C=O) groups is 4. The van der Waals surface area contributed by atoms with Gasteiger partial charge < -0.3 is 61.8 Å². The quantitative estimate of drug-likeness (QED) is 0.0420. The first kappa shape index (κ1) is 98.8. The van der Waals surface area contributed by atoms with Crippen LogP contribution >= 0.6 is 0 Å². The number of aryl methyl sites for hydroxylation is 7. The minimum Gasteiger partial charge on any atom is -0.478 e. The SMILES string of the molecule is CC(=O)c1cc(C(C)C)c2c(c1)cc(C(=O)O)n2C.CC(C)c1cc(COCCN2CCOCC2)cc2cc(C(=O)O)n(C)c12.CC(C)c1cn(C[C@H]2CCCN2C)c2ccc(C(=O)O)cc12.COCc1cccn2nc(-c3ccc4c(c3)c(C(C)C)cn4C)nc12.Cc1cccc2nc(-c3ccc4c(c3)c(C(C)C)cn4C)nn12.Cc1cccn2nc(-c3ccc4c(c3)c(C(C)C)cn4C)nc12. The maximum atomic E-state index is 11.6. The number of ether oxygens (including phenoxy) is 3. The van der Waals surface area contributed by atoms with Crippen LogP contribution in [-0.2, 0) is 69.2 Å². The van der Waals surface area contributed by atoms with Crippen molar-refractivity contribution in [2.24, 2.45) is 35.2 Å². The number of Topliss-reactive ketones (excluding diaryl/α,β-unsaturated/α-hetero) is 1. The molecule has 2 aliphatic heterocycles. The number of carbonyl (C=O) groups excluding carboxylic acids is 1. The van der Waals surface area contributed by atoms with Crippen LogP contribution in [0.25, 0.3) is 117 Å². The van der Waals surface area contributed by atoms with Crippen LogP contribution in [0.2, 0.25) is 0 Å². The molecule has 3 N–H and O–H groups in total. The first-order chi connectivity index (χ1) is 65.9. The standard InChI is InChI=1S/C20H22N4O.C20H28N2O4.2C19H20N4.C18H24N2O2.C15H17NO3/c1-13(2)17-11-23(3)18-8-7-14(10-16(17)18)19-21-20-15(12-25-4)6-5-9-24(20)22-19;1-14(2)17-11-15(13-26-9-6-22-4-7-25-8-5-22)10-16-12-18(20(23)24)21(3)19(16)17;1-12(2)16-11-22(4)17-8-7-14(10-15(16)17)18-20-19-13(3)6-5-9-23(19)21-18;1-12(2)16-11-22(4)17-9-8-14(10-15(16)17)19-20-18-7-5-6-13(3)23(18)21-19;1-12(2)16-11-20(10-14-5-4-8-19(14)3)17-7-6-13(18(21)22)9-15(16)17;1-8(2)12-6-10(9(3)17)5-11-7-13(15(18)19)16(4)14(11)12/h5-11,13H,12H2,1-4H3;10-12,14H,4-9,13H2,1-3H3,(H,23,24);2*5-12H,1-4H3;6-7,9,11-12,14H,4-5,8,10H2,1-3H3,(H,21,22);5-8H,1-4H3,(H,18,19)/t;;;;14-;/m....1./s1. The van der Waals surface area contributed by atoms with Crippen molar-refractivity contribution in [1.29, 1.82) is 0 Å². The van der Waals surface area contributed by atoms with E-state index in [4.69, 9.17) is 24.2 Å². The van der Waals surface area contributed by atoms with E-state index in [1.165, 1.54) is 81.3 Å². The summed E-state index contributed by atoms with van der Waals surface area (Å²) in [6, 6.07) is 50.8. The zero-order chi connectivity index (χ0) is 98.7. The largest absolute Gasteiger partial charge is 0.478 e. The molecule has 0 bridgehead atoms. The maximum absolute atomic E-state index is 11.6. The topological polar surface area (TPSA) is 283 Å². The third kappa shape index (κ3) is 21.1. The second-order valence-corrected chi connectivity index (χ2v) is 38.7. The van der Waals surface area contributed by atoms with Gasteiger partial charge in [-0.05, 0) is 255 Å². The normalized spacial score (nSPS) is 13.7. The van der Waals surface area contributed by atoms with Gasteiger partial charge in [-0.25, -0.2) is 42.9 Å². The minimum absolute atomic E-state index is 0.00970. The molecule has 0 unspecified atom stereocenters. The predicted octanol–water partition coefficient (Wildman–Crippen LogP) is 22.4. The van der Waals surface area contributed by atoms with E-state index < -0.39 is 17.9 Å². The molecule has 1 atom stereocenters. The van der Waals surface area contributed by atoms with Crippen LogP contribution in [-0.4, -0.2) is 186 Å². The lowest BCUT2D eigenvalue weighted by atomic mass is 9.96. The maximum Gasteiger partial charge on any atom is 0.352 e. The van der Waals surface area contributed by atoms with Crippen molar-refractivity contribution in [2.75, 3.05) is 60.2 Å². The third-order valence-corrected chi connectivity index (χ3v) is 26.8. The van der Waals surface area contributed by atoms with Gasteiger partial charge in [0.15, 0.2) is 40.2 Å². The Kier molecular flexibility index (Phi) is 30.1. The smallest absolute Gasteiger partial charge is 0.352 e. The number of hydrogen-bond acceptors (Lipinski definition) is 15. The highest BCUT2D eigenvalue weighted by atomic mass is 16.5. The highest BCUT2D eigenvalue weighted by molar-refractivity contribution is 6.03. The number of fused-ring (bicyclic) bond motifs is 9. The zero-order valence-electron chi connectivity index (χ0n) is 83.7. The van der Waals surface area contributed by atoms with Gasteiger partial charge in [-0.3, -0.25) is 9.69 Å². The van der Waals surface area contributed by atoms with E-state index >= 15 is 0 Å². The fourth-order valence-corrected chi connectivity index (χ4v) is 19.2. The fraction of sp³-hybridized carbons (Fsp3) is 0.369. The minimum atomic E-state index is -0.960. The van der Waals surface area contributed by atoms with E-state index in [-0.39, 0.29) is 17.4 Å². The number of hydrogen-bond donors (Lipinski definition) is 3. The molecular weight excluding hydrogens is 1730 g/mol. The molecule has 2 fully saturated rings. The molecule has 27 nitrogen and oxygen atoms in total. The van der Waals surface area contributed by atoms with E-state index in [1.54, 1.807) is 47.6 Å². The Hall–Kier alpha value is -13.7. The van der Waals surface area contributed by atoms with Crippen molar-refractivity contribution in [2.45, 2.75) is 178 Å². The molecule has 0 spiro atoms. The van der Waals surface area contributed by atoms with Gasteiger partial charge >= 0.3 is 17.9 Å². The van der Waals surface area contributed by atoms with E-state index in [2.05, 4.69) is 244 Å². The molecule has 18 aromatic rings. The molecule has 14 heterocycles. The average molecular weight is 1860 g/mol. The molecule has 0 radical (unpaired) electrons. The average Bonchev–Trinajstić information content (AvgIpc) is 1.60. The molecule has 2 aliphatic rings. The van der Waals surface area contributed by atoms with Gasteiger partial charge in [0.1, 0.15) is 11.4 Å². The lowest BCUT2D eigenvalue weighted by Gasteiger charge is -2.26. The van der Waals surface area contributed by atoms with Crippen LogP contribution in [0.3, 0.4) is 0 Å². The number of ketones is 1. The van der Waals surface area contributed by atoms with Crippen molar-refractivity contribution in [3.8, 4) is 34.2 Å². The predicted molar refractivity (Wildman–Crippen MR) is 551 cm³/mol. The van der Waals surface area contributed by atoms with E-state index in [1.807, 2.05) is 114 Å². The summed E-state index contributed by atoms with van der Waals surface area (Å²) >= 11 is 0. The highest BCUT2D eigenvalue weighted by Crippen LogP contribution is 2.38. The van der Waals surface area contributed by atoms with Crippen molar-refractivity contribution < 1.29 is 48.7 Å². The lowest BCUT2D eigenvalue weighted by molar-refractivity contribution is 0.0180. The van der Waals surface area contributed by atoms with Crippen LogP contribution in [0.5, 0.6) is 0 Å². The number of benzene rings is 6. The first-order valence-electron chi connectivity index (χ1n) is 47.9. The van der Waals surface area contributed by atoms with E-state index in [0.29, 0.717) is 72.3 Å². The van der Waals surface area contributed by atoms with Crippen molar-refractivity contribution >= 4 is 106 Å². The zero-order valence-corrected chi connectivity index (χ0v) is 83.7. The molecule has 720 valence electrons. The number of nitrogens with zero attached hydrogens (tertiary/aromatic N) is 17. The van der Waals surface area contributed by atoms with Gasteiger partial charge in [0.25, 0.3) is 0 Å². The number of carboxylic acids is 3. The number of likely N-dealkylation sites (tertiary alicyclic amines) is 1. The molecule has 0 aliphatic carbocycles. The van der Waals surface area contributed by atoms with Crippen molar-refractivity contribution in [3.05, 3.63) is 267 Å². The van der Waals surface area contributed by atoms with Crippen molar-refractivity contribution in [3.63, 3.8) is 0 Å². The number of pyridine rings is 3. The summed E-state index contributed by atoms with van der Waals surface area (Å²) in [4.78, 5) is 64.4. The number of methoxy groups -OCH3 is 1. The van der Waals surface area contributed by atoms with Gasteiger partial charge in [-0.1, -0.05) is 107 Å². The molecule has 2 saturated heterocycles. The molecular formula is C111H131N17O10. The van der Waals surface area contributed by atoms with Gasteiger partial charge in [0, 0.05) is 200 Å². The van der Waals surface area contributed by atoms with Crippen LogP contribution in [0.15, 0.2) is 189 Å². The summed E-state index contributed by atoms with van der Waals surface area (Å²) in [5.41, 5.74) is 25.9. The second-order valence-electron chi connectivity index (χ2n) is 38.7. The van der Waals surface area contributed by atoms with Crippen LogP contribution in [0, 0.1) is 13.8 Å². The molecule has 0 saturated carbocycles. The second kappa shape index (κ2) is 42.1. The Morgan fingerprint density at radius 1 is 0.471 bits per heavy atom. The number of rotatable bonds is 22. The summed E-state index contributed by atoms with van der Waals surface area (Å²) in [6.07, 6.45) is 15.2. The molecule has 12 aromatic heterocycles. The molecule has 138 heavy (non-hydrogen) atoms. The Bertz CT molecular complexity index is 7360. The summed E-state index contributed by atoms with van der Waals surface area (Å²) in [7, 11) is 13.7. The monoisotopic (exact) mass is 1860 g/mol. The number of aromatic nitrogens is 15. The summed E-state index contributed by atoms with van der Waals surface area (Å²) in [5, 5.41) is 48.5. The number of carboxylic acid groups (broad SMARTS) is 3. The van der Waals surface area contributed by atoms with E-state index in [0.717, 1.165) is 157 Å². The van der Waals surface area contributed by atoms with Crippen LogP contribution < -0.4 is 0 Å². The summed E-state index contributed by atoms with van der Waals surface area (Å²) in [6.45, 7) is 40.0. The molecule has 20 rings (SSSR count). The van der Waals surface area contributed by atoms with Gasteiger partial charge in [0.05, 0.1) is 49.6 Å². The third-order valence-electron chi connectivity index (χ3n) is 26.8. The van der Waals surface area contributed by atoms with Crippen LogP contribution in [0.1, 0.15) is 236 Å². The van der Waals surface area contributed by atoms with Gasteiger partial charge in [0.2, 0.25) is 0 Å².